The second kappa shape index (κ2) is 7.41. The Balaban J connectivity index is 1.74. The van der Waals surface area contributed by atoms with E-state index in [9.17, 15) is 0 Å². The van der Waals surface area contributed by atoms with Gasteiger partial charge in [-0.15, -0.1) is 5.10 Å². The molecular formula is C18H19N6O+. The van der Waals surface area contributed by atoms with Gasteiger partial charge in [-0.2, -0.15) is 5.10 Å². The maximum Gasteiger partial charge on any atom is 0.286 e. The van der Waals surface area contributed by atoms with Gasteiger partial charge in [-0.25, -0.2) is 14.4 Å². The number of rotatable bonds is 4. The molecule has 126 valence electrons. The first-order chi connectivity index (χ1) is 12.2. The van der Waals surface area contributed by atoms with Crippen LogP contribution >= 0.6 is 0 Å². The van der Waals surface area contributed by atoms with Crippen molar-refractivity contribution >= 4 is 30.0 Å². The van der Waals surface area contributed by atoms with Crippen molar-refractivity contribution < 1.29 is 9.61 Å². The number of aromatic nitrogens is 2. The molecule has 0 atom stereocenters. The number of guanidine groups is 1. The van der Waals surface area contributed by atoms with Gasteiger partial charge in [-0.3, -0.25) is 5.21 Å². The average Bonchev–Trinajstić information content (AvgIpc) is 2.97. The van der Waals surface area contributed by atoms with E-state index in [-0.39, 0.29) is 5.96 Å². The topological polar surface area (TPSA) is 92.0 Å². The van der Waals surface area contributed by atoms with Crippen molar-refractivity contribution in [3.05, 3.63) is 71.7 Å². The minimum atomic E-state index is -0.163. The highest BCUT2D eigenvalue weighted by Crippen LogP contribution is 2.10. The predicted molar refractivity (Wildman–Crippen MR) is 98.1 cm³/mol. The monoisotopic (exact) mass is 335 g/mol. The Kier molecular flexibility index (Phi) is 4.87. The normalized spacial score (nSPS) is 12.5. The van der Waals surface area contributed by atoms with Crippen LogP contribution in [0.5, 0.6) is 0 Å². The fraction of sp³-hybridized carbons (Fsp3) is 0.0556. The fourth-order valence-electron chi connectivity index (χ4n) is 2.41. The standard InChI is InChI=1S/C18H19N6O/c1-23-16(13-24-11-3-2-4-17(23)24)10-9-14-5-7-15(8-6-14)12-20-21-18(19)22-25/h2-13,25H,1H3,(H3,19,21,22)/q+1/b10-9+,20-12+. The molecule has 7 nitrogen and oxygen atoms in total. The van der Waals surface area contributed by atoms with Crippen molar-refractivity contribution in [2.45, 2.75) is 0 Å². The third-order valence-corrected chi connectivity index (χ3v) is 3.74. The van der Waals surface area contributed by atoms with Gasteiger partial charge in [-0.05, 0) is 23.3 Å². The molecule has 0 saturated carbocycles. The summed E-state index contributed by atoms with van der Waals surface area (Å²) in [7, 11) is 2.04. The number of pyridine rings is 1. The van der Waals surface area contributed by atoms with Crippen LogP contribution in [0.25, 0.3) is 17.8 Å². The molecule has 7 heteroatoms. The van der Waals surface area contributed by atoms with Crippen LogP contribution in [0.15, 0.2) is 65.1 Å². The molecule has 0 bridgehead atoms. The number of hydroxylamine groups is 1. The van der Waals surface area contributed by atoms with E-state index in [1.54, 1.807) is 11.7 Å². The first kappa shape index (κ1) is 16.4. The van der Waals surface area contributed by atoms with E-state index in [1.165, 1.54) is 0 Å². The first-order valence-corrected chi connectivity index (χ1v) is 7.68. The number of benzene rings is 1. The summed E-state index contributed by atoms with van der Waals surface area (Å²) >= 11 is 0. The highest BCUT2D eigenvalue weighted by molar-refractivity contribution is 5.82. The van der Waals surface area contributed by atoms with Gasteiger partial charge in [0.1, 0.15) is 6.20 Å². The van der Waals surface area contributed by atoms with Gasteiger partial charge in [-0.1, -0.05) is 36.4 Å². The van der Waals surface area contributed by atoms with Gasteiger partial charge in [0.2, 0.25) is 5.96 Å². The van der Waals surface area contributed by atoms with Crippen LogP contribution in [0.3, 0.4) is 0 Å². The lowest BCUT2D eigenvalue weighted by Crippen LogP contribution is -2.27. The number of nitrogens with two attached hydrogens (primary N) is 1. The molecule has 0 spiro atoms. The van der Waals surface area contributed by atoms with Crippen LogP contribution < -0.4 is 15.6 Å². The lowest BCUT2D eigenvalue weighted by atomic mass is 10.1. The molecule has 0 aliphatic carbocycles. The van der Waals surface area contributed by atoms with E-state index in [2.05, 4.69) is 43.6 Å². The summed E-state index contributed by atoms with van der Waals surface area (Å²) in [5.74, 6) is -0.163. The Morgan fingerprint density at radius 1 is 1.16 bits per heavy atom. The quantitative estimate of drug-likeness (QED) is 0.292. The van der Waals surface area contributed by atoms with E-state index in [0.717, 1.165) is 22.5 Å². The van der Waals surface area contributed by atoms with E-state index in [4.69, 9.17) is 10.9 Å². The lowest BCUT2D eigenvalue weighted by molar-refractivity contribution is -0.510. The number of nitrogens with zero attached hydrogens (tertiary/aromatic N) is 4. The fourth-order valence-corrected chi connectivity index (χ4v) is 2.41. The van der Waals surface area contributed by atoms with Crippen LogP contribution in [0.4, 0.5) is 0 Å². The van der Waals surface area contributed by atoms with Crippen LogP contribution in [0, 0.1) is 0 Å². The number of hydrogen-bond acceptors (Lipinski definition) is 3. The molecule has 3 aromatic rings. The zero-order valence-electron chi connectivity index (χ0n) is 13.7. The number of fused-ring (bicyclic) bond motifs is 1. The van der Waals surface area contributed by atoms with Crippen molar-refractivity contribution in [3.63, 3.8) is 0 Å². The molecule has 25 heavy (non-hydrogen) atoms. The molecule has 0 unspecified atom stereocenters. The molecule has 0 radical (unpaired) electrons. The van der Waals surface area contributed by atoms with Gasteiger partial charge < -0.3 is 5.73 Å². The summed E-state index contributed by atoms with van der Waals surface area (Å²) in [5, 5.41) is 15.8. The highest BCUT2D eigenvalue weighted by atomic mass is 16.5. The summed E-state index contributed by atoms with van der Waals surface area (Å²) < 4.78 is 4.22. The molecule has 2 aromatic heterocycles. The summed E-state index contributed by atoms with van der Waals surface area (Å²) in [5.41, 5.74) is 11.2. The molecule has 0 fully saturated rings. The minimum Gasteiger partial charge on any atom is -0.367 e. The molecule has 4 N–H and O–H groups in total. The van der Waals surface area contributed by atoms with E-state index in [1.807, 2.05) is 49.6 Å². The zero-order chi connectivity index (χ0) is 17.6. The molecular weight excluding hydrogens is 316 g/mol. The second-order valence-corrected chi connectivity index (χ2v) is 5.42. The van der Waals surface area contributed by atoms with E-state index >= 15 is 0 Å². The van der Waals surface area contributed by atoms with Gasteiger partial charge in [0.15, 0.2) is 5.69 Å². The summed E-state index contributed by atoms with van der Waals surface area (Å²) in [6.45, 7) is 0. The molecule has 3 rings (SSSR count). The largest absolute Gasteiger partial charge is 0.367 e. The zero-order valence-corrected chi connectivity index (χ0v) is 13.7. The Bertz CT molecular complexity index is 953. The Morgan fingerprint density at radius 3 is 2.64 bits per heavy atom. The molecule has 0 aliphatic rings. The maximum atomic E-state index is 8.50. The van der Waals surface area contributed by atoms with Crippen LogP contribution in [-0.2, 0) is 7.05 Å². The Hall–Kier alpha value is -3.45. The maximum absolute atomic E-state index is 8.50. The molecule has 1 aromatic carbocycles. The highest BCUT2D eigenvalue weighted by Gasteiger charge is 2.10. The van der Waals surface area contributed by atoms with Crippen LogP contribution in [0.1, 0.15) is 16.8 Å². The second-order valence-electron chi connectivity index (χ2n) is 5.42. The van der Waals surface area contributed by atoms with E-state index < -0.39 is 0 Å². The van der Waals surface area contributed by atoms with Gasteiger partial charge in [0.05, 0.1) is 19.5 Å². The van der Waals surface area contributed by atoms with Crippen molar-refractivity contribution in [2.24, 2.45) is 23.0 Å². The Morgan fingerprint density at radius 2 is 1.92 bits per heavy atom. The lowest BCUT2D eigenvalue weighted by Gasteiger charge is -1.95. The number of aryl methyl sites for hydroxylation is 1. The van der Waals surface area contributed by atoms with Gasteiger partial charge in [0, 0.05) is 6.07 Å². The van der Waals surface area contributed by atoms with Crippen LogP contribution in [0.2, 0.25) is 0 Å². The van der Waals surface area contributed by atoms with Gasteiger partial charge >= 0.3 is 0 Å². The molecule has 0 saturated heterocycles. The minimum absolute atomic E-state index is 0.163. The third kappa shape index (κ3) is 3.91. The van der Waals surface area contributed by atoms with Crippen LogP contribution in [-0.4, -0.2) is 21.9 Å². The van der Waals surface area contributed by atoms with Gasteiger partial charge in [0.25, 0.3) is 5.65 Å². The third-order valence-electron chi connectivity index (χ3n) is 3.74. The smallest absolute Gasteiger partial charge is 0.286 e. The SMILES string of the molecule is Cn1c(/C=C/c2ccc(/C=N/N=C(\N)NO)cc2)c[n+]2ccccc12. The number of imidazole rings is 1. The number of hydrogen-bond donors (Lipinski definition) is 3. The Labute approximate surface area is 145 Å². The van der Waals surface area contributed by atoms with E-state index in [0.29, 0.717) is 0 Å². The molecule has 2 heterocycles. The van der Waals surface area contributed by atoms with Crippen molar-refractivity contribution in [3.8, 4) is 0 Å². The van der Waals surface area contributed by atoms with Crippen molar-refractivity contribution in [1.82, 2.24) is 10.0 Å². The first-order valence-electron chi connectivity index (χ1n) is 7.68. The van der Waals surface area contributed by atoms with Crippen molar-refractivity contribution in [1.29, 1.82) is 0 Å². The summed E-state index contributed by atoms with van der Waals surface area (Å²) in [4.78, 5) is 0. The van der Waals surface area contributed by atoms with Crippen molar-refractivity contribution in [2.75, 3.05) is 0 Å². The predicted octanol–water partition coefficient (Wildman–Crippen LogP) is 1.56. The average molecular weight is 335 g/mol. The number of nitrogens with one attached hydrogen (secondary N) is 1. The summed E-state index contributed by atoms with van der Waals surface area (Å²) in [6.07, 6.45) is 9.81. The molecule has 0 amide bonds. The summed E-state index contributed by atoms with van der Waals surface area (Å²) in [6, 6.07) is 13.9. The molecule has 0 aliphatic heterocycles.